The molecule has 0 atom stereocenters. The maximum atomic E-state index is 9.18. The summed E-state index contributed by atoms with van der Waals surface area (Å²) < 4.78 is 6.26. The van der Waals surface area contributed by atoms with Gasteiger partial charge in [0.05, 0.1) is 24.0 Å². The molecule has 0 N–H and O–H groups in total. The molecule has 1 aromatic heterocycles. The van der Waals surface area contributed by atoms with E-state index in [4.69, 9.17) is 11.6 Å². The number of rotatable bonds is 4. The van der Waals surface area contributed by atoms with Crippen LogP contribution in [0.2, 0.25) is 5.02 Å². The molecule has 3 aromatic rings. The van der Waals surface area contributed by atoms with Crippen molar-refractivity contribution >= 4 is 29.1 Å². The summed E-state index contributed by atoms with van der Waals surface area (Å²) in [7, 11) is 0. The van der Waals surface area contributed by atoms with E-state index in [1.807, 2.05) is 42.7 Å². The molecule has 0 aliphatic carbocycles. The van der Waals surface area contributed by atoms with E-state index in [0.717, 1.165) is 22.6 Å². The molecule has 0 bridgehead atoms. The summed E-state index contributed by atoms with van der Waals surface area (Å²) >= 11 is 6.01. The van der Waals surface area contributed by atoms with Crippen LogP contribution in [0.5, 0.6) is 0 Å². The minimum absolute atomic E-state index is 0.431. The number of nitrogens with zero attached hydrogens (tertiary/aromatic N) is 2. The smallest absolute Gasteiger partial charge is 0.293 e. The van der Waals surface area contributed by atoms with Gasteiger partial charge in [-0.15, -0.1) is 0 Å². The Kier molecular flexibility index (Phi) is 5.98. The summed E-state index contributed by atoms with van der Waals surface area (Å²) in [6, 6.07) is 16.1. The van der Waals surface area contributed by atoms with Gasteiger partial charge in [0, 0.05) is 11.6 Å². The lowest BCUT2D eigenvalue weighted by Crippen LogP contribution is -1.97. The molecule has 4 nitrogen and oxygen atoms in total. The first kappa shape index (κ1) is 16.0. The highest BCUT2D eigenvalue weighted by molar-refractivity contribution is 6.31. The molecule has 0 aliphatic heterocycles. The molecular weight excluding hydrogens is 300 g/mol. The van der Waals surface area contributed by atoms with Gasteiger partial charge in [0.25, 0.3) is 6.47 Å². The molecular formula is C17H17ClN2O2. The van der Waals surface area contributed by atoms with E-state index >= 15 is 0 Å². The van der Waals surface area contributed by atoms with Crippen molar-refractivity contribution in [2.24, 2.45) is 0 Å². The number of hydrogen-bond donors (Lipinski definition) is 0. The first-order chi connectivity index (χ1) is 10.7. The second-order valence-electron chi connectivity index (χ2n) is 4.54. The zero-order valence-electron chi connectivity index (χ0n) is 12.3. The average molecular weight is 317 g/mol. The van der Waals surface area contributed by atoms with Gasteiger partial charge < -0.3 is 9.30 Å². The van der Waals surface area contributed by atoms with E-state index in [2.05, 4.69) is 26.4 Å². The van der Waals surface area contributed by atoms with Crippen LogP contribution in [-0.2, 0) is 16.1 Å². The van der Waals surface area contributed by atoms with Crippen LogP contribution in [0, 0.1) is 0 Å². The van der Waals surface area contributed by atoms with Crippen molar-refractivity contribution in [3.05, 3.63) is 65.4 Å². The van der Waals surface area contributed by atoms with E-state index in [-0.39, 0.29) is 0 Å². The number of carbonyl (C=O) groups excluding carboxylic acids is 1. The number of aromatic nitrogens is 2. The van der Waals surface area contributed by atoms with E-state index in [1.165, 1.54) is 5.56 Å². The predicted molar refractivity (Wildman–Crippen MR) is 88.0 cm³/mol. The zero-order chi connectivity index (χ0) is 15.8. The van der Waals surface area contributed by atoms with Gasteiger partial charge in [0.1, 0.15) is 0 Å². The third kappa shape index (κ3) is 4.33. The van der Waals surface area contributed by atoms with Crippen LogP contribution in [0.15, 0.2) is 54.9 Å². The zero-order valence-corrected chi connectivity index (χ0v) is 13.0. The lowest BCUT2D eigenvalue weighted by atomic mass is 10.2. The maximum Gasteiger partial charge on any atom is 0.293 e. The van der Waals surface area contributed by atoms with Gasteiger partial charge in [-0.05, 0) is 30.7 Å². The van der Waals surface area contributed by atoms with Crippen molar-refractivity contribution in [3.8, 4) is 0 Å². The molecule has 22 heavy (non-hydrogen) atoms. The van der Waals surface area contributed by atoms with E-state index < -0.39 is 0 Å². The fourth-order valence-electron chi connectivity index (χ4n) is 2.00. The monoisotopic (exact) mass is 316 g/mol. The van der Waals surface area contributed by atoms with E-state index in [0.29, 0.717) is 13.1 Å². The normalized spacial score (nSPS) is 9.91. The first-order valence-corrected chi connectivity index (χ1v) is 7.32. The Balaban J connectivity index is 0.000000309. The fraction of sp³-hybridized carbons (Fsp3) is 0.176. The summed E-state index contributed by atoms with van der Waals surface area (Å²) in [6.07, 6.45) is 1.86. The Morgan fingerprint density at radius 3 is 2.64 bits per heavy atom. The van der Waals surface area contributed by atoms with Crippen LogP contribution < -0.4 is 0 Å². The Morgan fingerprint density at radius 2 is 2.00 bits per heavy atom. The van der Waals surface area contributed by atoms with Gasteiger partial charge >= 0.3 is 0 Å². The van der Waals surface area contributed by atoms with Crippen LogP contribution in [0.1, 0.15) is 12.5 Å². The molecule has 0 fully saturated rings. The van der Waals surface area contributed by atoms with Crippen molar-refractivity contribution in [1.29, 1.82) is 0 Å². The molecule has 0 aliphatic rings. The molecule has 2 aromatic carbocycles. The van der Waals surface area contributed by atoms with Gasteiger partial charge in [-0.2, -0.15) is 0 Å². The summed E-state index contributed by atoms with van der Waals surface area (Å²) in [5.41, 5.74) is 3.30. The van der Waals surface area contributed by atoms with Gasteiger partial charge in [-0.1, -0.05) is 41.9 Å². The lowest BCUT2D eigenvalue weighted by Gasteiger charge is -2.04. The van der Waals surface area contributed by atoms with Crippen LogP contribution in [-0.4, -0.2) is 22.6 Å². The highest BCUT2D eigenvalue weighted by atomic mass is 35.5. The topological polar surface area (TPSA) is 44.1 Å². The van der Waals surface area contributed by atoms with E-state index in [1.54, 1.807) is 6.92 Å². The maximum absolute atomic E-state index is 9.18. The van der Waals surface area contributed by atoms with Gasteiger partial charge in [0.15, 0.2) is 0 Å². The highest BCUT2D eigenvalue weighted by Crippen LogP contribution is 2.19. The second kappa shape index (κ2) is 8.20. The minimum Gasteiger partial charge on any atom is -0.468 e. The largest absolute Gasteiger partial charge is 0.468 e. The molecule has 5 heteroatoms. The van der Waals surface area contributed by atoms with Gasteiger partial charge in [-0.25, -0.2) is 4.98 Å². The standard InChI is InChI=1S/C14H11ClN2.C3H6O2/c15-12-6-7-13-14(8-12)17(10-16-13)9-11-4-2-1-3-5-11;1-2-5-3-4/h1-8,10H,9H2;3H,2H2,1H3. The molecule has 0 saturated heterocycles. The number of benzene rings is 2. The van der Waals surface area contributed by atoms with Crippen molar-refractivity contribution in [2.75, 3.05) is 6.61 Å². The third-order valence-electron chi connectivity index (χ3n) is 3.01. The quantitative estimate of drug-likeness (QED) is 0.685. The van der Waals surface area contributed by atoms with Crippen molar-refractivity contribution in [1.82, 2.24) is 9.55 Å². The molecule has 0 spiro atoms. The van der Waals surface area contributed by atoms with E-state index in [9.17, 15) is 4.79 Å². The molecule has 3 rings (SSSR count). The third-order valence-corrected chi connectivity index (χ3v) is 3.25. The number of fused-ring (bicyclic) bond motifs is 1. The number of hydrogen-bond acceptors (Lipinski definition) is 3. The fourth-order valence-corrected chi connectivity index (χ4v) is 2.17. The number of imidazole rings is 1. The average Bonchev–Trinajstić information content (AvgIpc) is 2.92. The van der Waals surface area contributed by atoms with Crippen LogP contribution in [0.25, 0.3) is 11.0 Å². The molecule has 1 heterocycles. The first-order valence-electron chi connectivity index (χ1n) is 6.94. The molecule has 0 unspecified atom stereocenters. The van der Waals surface area contributed by atoms with Gasteiger partial charge in [-0.3, -0.25) is 4.79 Å². The predicted octanol–water partition coefficient (Wildman–Crippen LogP) is 3.92. The summed E-state index contributed by atoms with van der Waals surface area (Å²) in [5, 5.41) is 0.743. The highest BCUT2D eigenvalue weighted by Gasteiger charge is 2.03. The Labute approximate surface area is 134 Å². The summed E-state index contributed by atoms with van der Waals surface area (Å²) in [4.78, 5) is 13.5. The number of halogens is 1. The molecule has 0 amide bonds. The lowest BCUT2D eigenvalue weighted by molar-refractivity contribution is -0.128. The Bertz CT molecular complexity index is 726. The minimum atomic E-state index is 0.431. The van der Waals surface area contributed by atoms with Crippen LogP contribution in [0.4, 0.5) is 0 Å². The molecule has 0 radical (unpaired) electrons. The number of ether oxygens (including phenoxy) is 1. The Morgan fingerprint density at radius 1 is 1.23 bits per heavy atom. The number of carbonyl (C=O) groups is 1. The van der Waals surface area contributed by atoms with Crippen molar-refractivity contribution < 1.29 is 9.53 Å². The van der Waals surface area contributed by atoms with Gasteiger partial charge in [0.2, 0.25) is 0 Å². The van der Waals surface area contributed by atoms with Crippen LogP contribution in [0.3, 0.4) is 0 Å². The molecule has 0 saturated carbocycles. The molecule has 114 valence electrons. The SMILES string of the molecule is CCOC=O.Clc1ccc2ncn(Cc3ccccc3)c2c1. The van der Waals surface area contributed by atoms with Crippen LogP contribution >= 0.6 is 11.6 Å². The van der Waals surface area contributed by atoms with Crippen molar-refractivity contribution in [2.45, 2.75) is 13.5 Å². The van der Waals surface area contributed by atoms with Crippen molar-refractivity contribution in [3.63, 3.8) is 0 Å². The summed E-state index contributed by atoms with van der Waals surface area (Å²) in [6.45, 7) is 3.48. The summed E-state index contributed by atoms with van der Waals surface area (Å²) in [5.74, 6) is 0. The Hall–Kier alpha value is -2.33. The second-order valence-corrected chi connectivity index (χ2v) is 4.98.